The summed E-state index contributed by atoms with van der Waals surface area (Å²) >= 11 is 5.73. The molecule has 0 radical (unpaired) electrons. The molecule has 1 fully saturated rings. The third-order valence-electron chi connectivity index (χ3n) is 7.35. The highest BCUT2D eigenvalue weighted by Crippen LogP contribution is 2.47. The zero-order valence-electron chi connectivity index (χ0n) is 24.6. The van der Waals surface area contributed by atoms with Gasteiger partial charge in [0.15, 0.2) is 22.9 Å². The summed E-state index contributed by atoms with van der Waals surface area (Å²) in [7, 11) is -3.53. The molecule has 5 atom stereocenters. The Labute approximate surface area is 245 Å². The zero-order valence-corrected chi connectivity index (χ0v) is 27.3. The molecule has 1 aromatic carbocycles. The Balaban J connectivity index is 1.96. The molecule has 9 nitrogen and oxygen atoms in total. The molecule has 1 saturated heterocycles. The lowest BCUT2D eigenvalue weighted by Crippen LogP contribution is -2.49. The highest BCUT2D eigenvalue weighted by Gasteiger charge is 2.51. The summed E-state index contributed by atoms with van der Waals surface area (Å²) in [5.74, 6) is 0.147. The highest BCUT2D eigenvalue weighted by atomic mass is 32.1. The van der Waals surface area contributed by atoms with Crippen molar-refractivity contribution in [1.82, 2.24) is 9.55 Å². The number of carbonyl (C=O) groups is 1. The molecule has 40 heavy (non-hydrogen) atoms. The van der Waals surface area contributed by atoms with Gasteiger partial charge in [-0.25, -0.2) is 11.6 Å². The van der Waals surface area contributed by atoms with E-state index in [1.807, 2.05) is 42.6 Å². The molecule has 1 amide bonds. The molecule has 3 rings (SSSR count). The average Bonchev–Trinajstić information content (AvgIpc) is 3.21. The van der Waals surface area contributed by atoms with Crippen LogP contribution in [0.25, 0.3) is 4.85 Å². The van der Waals surface area contributed by atoms with Crippen LogP contribution in [0.4, 0.5) is 5.82 Å². The van der Waals surface area contributed by atoms with Crippen LogP contribution in [0.3, 0.4) is 0 Å². The summed E-state index contributed by atoms with van der Waals surface area (Å²) in [6.07, 6.45) is 0.876. The summed E-state index contributed by atoms with van der Waals surface area (Å²) in [5, 5.41) is 2.83. The Morgan fingerprint density at radius 2 is 1.95 bits per heavy atom. The minimum atomic E-state index is -2.27. The van der Waals surface area contributed by atoms with Gasteiger partial charge < -0.3 is 28.4 Å². The summed E-state index contributed by atoms with van der Waals surface area (Å²) in [4.78, 5) is 20.7. The fourth-order valence-electron chi connectivity index (χ4n) is 4.09. The van der Waals surface area contributed by atoms with Gasteiger partial charge >= 0.3 is 0 Å². The lowest BCUT2D eigenvalue weighted by Gasteiger charge is -2.41. The van der Waals surface area contributed by atoms with E-state index in [-0.39, 0.29) is 28.4 Å². The number of rotatable bonds is 11. The molecule has 1 aliphatic heterocycles. The number of carbonyl (C=O) groups excluding carboxylic acids is 1. The molecule has 12 heteroatoms. The summed E-state index contributed by atoms with van der Waals surface area (Å²) in [5.41, 5.74) is 1.28. The lowest BCUT2D eigenvalue weighted by molar-refractivity contribution is -0.0361. The van der Waals surface area contributed by atoms with Crippen molar-refractivity contribution in [2.24, 2.45) is 0 Å². The van der Waals surface area contributed by atoms with Gasteiger partial charge in [-0.3, -0.25) is 9.36 Å². The number of ether oxygens (including phenoxy) is 1. The van der Waals surface area contributed by atoms with Gasteiger partial charge in [0.05, 0.1) is 6.10 Å². The fourth-order valence-corrected chi connectivity index (χ4v) is 6.62. The Hall–Kier alpha value is -2.03. The van der Waals surface area contributed by atoms with Crippen molar-refractivity contribution in [2.45, 2.75) is 83.7 Å². The molecular formula is C28H41N4O5PSSi. The van der Waals surface area contributed by atoms with E-state index in [1.54, 1.807) is 12.1 Å². The SMILES string of the molecule is [C-]#[N+]CCOP(C)OC1[C@@H](CC)O[C@@H](n2cc(C)c(NC(=O)c3ccccc3)nc2=S)[C@H]1O[Si](C)(C)C(C)(C)C. The van der Waals surface area contributed by atoms with E-state index in [2.05, 4.69) is 55.9 Å². The smallest absolute Gasteiger partial charge is 0.256 e. The Kier molecular flexibility index (Phi) is 11.2. The molecule has 2 aromatic rings. The molecule has 2 unspecified atom stereocenters. The van der Waals surface area contributed by atoms with Gasteiger partial charge in [-0.05, 0) is 55.8 Å². The predicted molar refractivity (Wildman–Crippen MR) is 164 cm³/mol. The van der Waals surface area contributed by atoms with Crippen molar-refractivity contribution in [2.75, 3.05) is 25.1 Å². The molecule has 0 spiro atoms. The molecule has 2 heterocycles. The minimum absolute atomic E-state index is 0.0450. The van der Waals surface area contributed by atoms with Gasteiger partial charge in [0.25, 0.3) is 5.91 Å². The maximum atomic E-state index is 12.8. The van der Waals surface area contributed by atoms with Crippen molar-refractivity contribution < 1.29 is 23.0 Å². The summed E-state index contributed by atoms with van der Waals surface area (Å²) in [6, 6.07) is 8.98. The van der Waals surface area contributed by atoms with Crippen molar-refractivity contribution >= 4 is 40.6 Å². The number of amides is 1. The number of nitrogens with one attached hydrogen (secondary N) is 1. The van der Waals surface area contributed by atoms with E-state index in [0.29, 0.717) is 24.4 Å². The zero-order chi connectivity index (χ0) is 29.7. The average molecular weight is 605 g/mol. The van der Waals surface area contributed by atoms with E-state index in [9.17, 15) is 4.79 Å². The topological polar surface area (TPSA) is 88.2 Å². The number of hydrogen-bond donors (Lipinski definition) is 1. The van der Waals surface area contributed by atoms with Gasteiger partial charge in [-0.15, -0.1) is 0 Å². The fraction of sp³-hybridized carbons (Fsp3) is 0.571. The monoisotopic (exact) mass is 604 g/mol. The van der Waals surface area contributed by atoms with Crippen LogP contribution in [0.15, 0.2) is 36.5 Å². The number of benzene rings is 1. The Morgan fingerprint density at radius 3 is 2.55 bits per heavy atom. The first kappa shape index (κ1) is 32.5. The van der Waals surface area contributed by atoms with Crippen molar-refractivity contribution in [3.05, 3.63) is 63.8 Å². The largest absolute Gasteiger partial charge is 0.407 e. The van der Waals surface area contributed by atoms with Gasteiger partial charge in [0.2, 0.25) is 11.3 Å². The molecule has 1 aliphatic rings. The van der Waals surface area contributed by atoms with Crippen molar-refractivity contribution in [3.63, 3.8) is 0 Å². The van der Waals surface area contributed by atoms with E-state index < -0.39 is 35.1 Å². The third-order valence-corrected chi connectivity index (χ3v) is 13.2. The first-order valence-electron chi connectivity index (χ1n) is 13.4. The van der Waals surface area contributed by atoms with Gasteiger partial charge in [-0.1, -0.05) is 45.9 Å². The number of nitrogens with zero attached hydrogens (tertiary/aromatic N) is 3. The number of aryl methyl sites for hydroxylation is 1. The summed E-state index contributed by atoms with van der Waals surface area (Å²) < 4.78 is 27.9. The van der Waals surface area contributed by atoms with E-state index in [0.717, 1.165) is 5.56 Å². The lowest BCUT2D eigenvalue weighted by atomic mass is 10.1. The van der Waals surface area contributed by atoms with Crippen LogP contribution in [0.5, 0.6) is 0 Å². The number of aromatic nitrogens is 2. The molecular weight excluding hydrogens is 563 g/mol. The molecule has 218 valence electrons. The predicted octanol–water partition coefficient (Wildman–Crippen LogP) is 7.13. The standard InChI is InChI=1S/C28H41N4O5PSSi/c1-10-21-22(36-38(7)34-17-16-29-6)23(37-40(8,9)28(3,4)5)26(35-21)32-18-19(2)24(31-27(32)39)30-25(33)20-14-12-11-13-15-20/h11-15,18,21-23,26H,10,16-17H2,1-5,7-9H3,(H,30,31,33,39)/t21-,22?,23+,26-,38?/m1/s1. The molecule has 0 saturated carbocycles. The van der Waals surface area contributed by atoms with Crippen LogP contribution in [-0.2, 0) is 18.2 Å². The second-order valence-corrected chi connectivity index (χ2v) is 17.8. The van der Waals surface area contributed by atoms with E-state index in [4.69, 9.17) is 37.0 Å². The van der Waals surface area contributed by atoms with Crippen LogP contribution < -0.4 is 5.32 Å². The quantitative estimate of drug-likeness (QED) is 0.0959. The first-order valence-corrected chi connectivity index (χ1v) is 18.4. The van der Waals surface area contributed by atoms with Crippen molar-refractivity contribution in [3.8, 4) is 0 Å². The number of anilines is 1. The maximum absolute atomic E-state index is 12.8. The van der Waals surface area contributed by atoms with E-state index in [1.165, 1.54) is 0 Å². The molecule has 1 N–H and O–H groups in total. The van der Waals surface area contributed by atoms with Crippen molar-refractivity contribution in [1.29, 1.82) is 0 Å². The molecule has 0 aliphatic carbocycles. The maximum Gasteiger partial charge on any atom is 0.256 e. The molecule has 0 bridgehead atoms. The molecule has 1 aromatic heterocycles. The number of hydrogen-bond acceptors (Lipinski definition) is 7. The van der Waals surface area contributed by atoms with Gasteiger partial charge in [0, 0.05) is 24.0 Å². The van der Waals surface area contributed by atoms with Crippen LogP contribution in [0.2, 0.25) is 18.1 Å². The first-order chi connectivity index (χ1) is 18.8. The second-order valence-electron chi connectivity index (χ2n) is 11.3. The third kappa shape index (κ3) is 7.82. The van der Waals surface area contributed by atoms with Crippen LogP contribution >= 0.6 is 20.6 Å². The van der Waals surface area contributed by atoms with Crippen LogP contribution in [0.1, 0.15) is 56.3 Å². The van der Waals surface area contributed by atoms with Gasteiger partial charge in [-0.2, -0.15) is 0 Å². The van der Waals surface area contributed by atoms with Crippen LogP contribution in [0, 0.1) is 18.3 Å². The minimum Gasteiger partial charge on any atom is -0.407 e. The Morgan fingerprint density at radius 1 is 1.27 bits per heavy atom. The van der Waals surface area contributed by atoms with E-state index >= 15 is 0 Å². The highest BCUT2D eigenvalue weighted by molar-refractivity contribution is 7.71. The van der Waals surface area contributed by atoms with Crippen LogP contribution in [-0.4, -0.2) is 61.9 Å². The normalized spacial score (nSPS) is 22.1. The Bertz CT molecular complexity index is 1260. The second kappa shape index (κ2) is 13.8. The van der Waals surface area contributed by atoms with Gasteiger partial charge in [0.1, 0.15) is 24.6 Å². The summed E-state index contributed by atoms with van der Waals surface area (Å²) in [6.45, 7) is 24.4.